The molecule has 2 saturated heterocycles. The zero-order chi connectivity index (χ0) is 12.8. The Labute approximate surface area is 111 Å². The van der Waals surface area contributed by atoms with E-state index >= 15 is 0 Å². The van der Waals surface area contributed by atoms with Crippen LogP contribution in [0.4, 0.5) is 0 Å². The van der Waals surface area contributed by atoms with Gasteiger partial charge >= 0.3 is 0 Å². The lowest BCUT2D eigenvalue weighted by molar-refractivity contribution is 0.213. The van der Waals surface area contributed by atoms with Crippen LogP contribution in [-0.4, -0.2) is 61.2 Å². The minimum Gasteiger partial charge on any atom is -0.301 e. The van der Waals surface area contributed by atoms with Gasteiger partial charge in [0.15, 0.2) is 0 Å². The second kappa shape index (κ2) is 7.08. The summed E-state index contributed by atoms with van der Waals surface area (Å²) in [6.45, 7) is 8.83. The van der Waals surface area contributed by atoms with Gasteiger partial charge in [-0.05, 0) is 51.9 Å². The summed E-state index contributed by atoms with van der Waals surface area (Å²) in [5, 5.41) is 12.5. The van der Waals surface area contributed by atoms with Gasteiger partial charge in [0.05, 0.1) is 6.07 Å². The van der Waals surface area contributed by atoms with Gasteiger partial charge < -0.3 is 5.32 Å². The van der Waals surface area contributed by atoms with Crippen LogP contribution in [0, 0.1) is 11.3 Å². The van der Waals surface area contributed by atoms with Crippen LogP contribution in [0.2, 0.25) is 0 Å². The molecule has 2 unspecified atom stereocenters. The summed E-state index contributed by atoms with van der Waals surface area (Å²) in [5.41, 5.74) is 0. The van der Waals surface area contributed by atoms with Crippen LogP contribution in [0.15, 0.2) is 0 Å². The summed E-state index contributed by atoms with van der Waals surface area (Å²) in [4.78, 5) is 5.13. The molecule has 2 rings (SSSR count). The summed E-state index contributed by atoms with van der Waals surface area (Å²) < 4.78 is 0. The van der Waals surface area contributed by atoms with E-state index < -0.39 is 0 Å². The Morgan fingerprint density at radius 2 is 2.17 bits per heavy atom. The fourth-order valence-corrected chi connectivity index (χ4v) is 3.18. The maximum atomic E-state index is 9.19. The van der Waals surface area contributed by atoms with Gasteiger partial charge in [0, 0.05) is 19.1 Å². The van der Waals surface area contributed by atoms with E-state index in [1.165, 1.54) is 32.4 Å². The highest BCUT2D eigenvalue weighted by molar-refractivity contribution is 4.94. The van der Waals surface area contributed by atoms with Crippen molar-refractivity contribution in [3.05, 3.63) is 0 Å². The van der Waals surface area contributed by atoms with E-state index in [-0.39, 0.29) is 6.04 Å². The van der Waals surface area contributed by atoms with Crippen LogP contribution in [-0.2, 0) is 0 Å². The molecule has 102 valence electrons. The second-order valence-electron chi connectivity index (χ2n) is 5.58. The molecule has 0 saturated carbocycles. The van der Waals surface area contributed by atoms with E-state index in [1.807, 2.05) is 0 Å². The van der Waals surface area contributed by atoms with Gasteiger partial charge in [0.1, 0.15) is 6.04 Å². The third-order valence-corrected chi connectivity index (χ3v) is 4.13. The quantitative estimate of drug-likeness (QED) is 0.792. The Bertz CT molecular complexity index is 286. The maximum Gasteiger partial charge on any atom is 0.108 e. The van der Waals surface area contributed by atoms with Crippen LogP contribution in [0.3, 0.4) is 0 Å². The van der Waals surface area contributed by atoms with Crippen LogP contribution >= 0.6 is 0 Å². The number of fused-ring (bicyclic) bond motifs is 1. The SMILES string of the molecule is CCCNC(C#N)CN1CCCN2CCCC2C1. The number of nitriles is 1. The summed E-state index contributed by atoms with van der Waals surface area (Å²) in [6, 6.07) is 3.14. The molecule has 2 fully saturated rings. The molecule has 0 amide bonds. The lowest BCUT2D eigenvalue weighted by Crippen LogP contribution is -2.44. The topological polar surface area (TPSA) is 42.3 Å². The minimum absolute atomic E-state index is 0.00194. The Kier molecular flexibility index (Phi) is 5.43. The van der Waals surface area contributed by atoms with Crippen LogP contribution < -0.4 is 5.32 Å². The monoisotopic (exact) mass is 250 g/mol. The first-order chi connectivity index (χ1) is 8.83. The smallest absolute Gasteiger partial charge is 0.108 e. The largest absolute Gasteiger partial charge is 0.301 e. The average Bonchev–Trinajstić information content (AvgIpc) is 2.73. The van der Waals surface area contributed by atoms with Crippen molar-refractivity contribution in [2.24, 2.45) is 0 Å². The van der Waals surface area contributed by atoms with Gasteiger partial charge in [0.25, 0.3) is 0 Å². The first-order valence-corrected chi connectivity index (χ1v) is 7.43. The number of hydrogen-bond donors (Lipinski definition) is 1. The molecule has 4 heteroatoms. The zero-order valence-electron chi connectivity index (χ0n) is 11.6. The molecule has 0 aliphatic carbocycles. The third-order valence-electron chi connectivity index (χ3n) is 4.13. The predicted octanol–water partition coefficient (Wildman–Crippen LogP) is 1.05. The van der Waals surface area contributed by atoms with Crippen LogP contribution in [0.1, 0.15) is 32.6 Å². The third kappa shape index (κ3) is 3.68. The Morgan fingerprint density at radius 1 is 1.33 bits per heavy atom. The number of rotatable bonds is 5. The zero-order valence-corrected chi connectivity index (χ0v) is 11.6. The van der Waals surface area contributed by atoms with E-state index in [0.29, 0.717) is 0 Å². The normalized spacial score (nSPS) is 27.4. The van der Waals surface area contributed by atoms with Crippen molar-refractivity contribution in [1.82, 2.24) is 15.1 Å². The van der Waals surface area contributed by atoms with Gasteiger partial charge in [-0.2, -0.15) is 5.26 Å². The van der Waals surface area contributed by atoms with Gasteiger partial charge in [-0.1, -0.05) is 6.92 Å². The molecule has 2 heterocycles. The lowest BCUT2D eigenvalue weighted by Gasteiger charge is -2.27. The van der Waals surface area contributed by atoms with Gasteiger partial charge in [-0.15, -0.1) is 0 Å². The standard InChI is InChI=1S/C14H26N4/c1-2-6-16-13(10-15)11-17-7-4-9-18-8-3-5-14(18)12-17/h13-14,16H,2-9,11-12H2,1H3. The molecule has 18 heavy (non-hydrogen) atoms. The summed E-state index contributed by atoms with van der Waals surface area (Å²) in [5.74, 6) is 0. The van der Waals surface area contributed by atoms with Crippen molar-refractivity contribution in [2.45, 2.75) is 44.7 Å². The lowest BCUT2D eigenvalue weighted by atomic mass is 10.2. The first kappa shape index (κ1) is 13.8. The molecule has 2 aliphatic rings. The molecular formula is C14H26N4. The van der Waals surface area contributed by atoms with Gasteiger partial charge in [-0.3, -0.25) is 9.80 Å². The average molecular weight is 250 g/mol. The summed E-state index contributed by atoms with van der Waals surface area (Å²) in [7, 11) is 0. The molecule has 2 aliphatic heterocycles. The number of nitrogens with zero attached hydrogens (tertiary/aromatic N) is 3. The highest BCUT2D eigenvalue weighted by Crippen LogP contribution is 2.21. The Morgan fingerprint density at radius 3 is 2.94 bits per heavy atom. The molecule has 1 N–H and O–H groups in total. The van der Waals surface area contributed by atoms with Crippen molar-refractivity contribution >= 4 is 0 Å². The molecule has 2 atom stereocenters. The van der Waals surface area contributed by atoms with Crippen LogP contribution in [0.25, 0.3) is 0 Å². The maximum absolute atomic E-state index is 9.19. The second-order valence-corrected chi connectivity index (χ2v) is 5.58. The Hall–Kier alpha value is -0.630. The van der Waals surface area contributed by atoms with E-state index in [9.17, 15) is 5.26 Å². The summed E-state index contributed by atoms with van der Waals surface area (Å²) in [6.07, 6.45) is 5.04. The predicted molar refractivity (Wildman–Crippen MR) is 73.3 cm³/mol. The van der Waals surface area contributed by atoms with E-state index in [0.717, 1.165) is 38.6 Å². The molecule has 0 aromatic rings. The van der Waals surface area contributed by atoms with Crippen molar-refractivity contribution in [3.63, 3.8) is 0 Å². The highest BCUT2D eigenvalue weighted by atomic mass is 15.3. The molecule has 0 spiro atoms. The van der Waals surface area contributed by atoms with E-state index in [2.05, 4.69) is 28.1 Å². The molecule has 0 aromatic carbocycles. The molecule has 0 radical (unpaired) electrons. The van der Waals surface area contributed by atoms with Crippen LogP contribution in [0.5, 0.6) is 0 Å². The Balaban J connectivity index is 1.82. The summed E-state index contributed by atoms with van der Waals surface area (Å²) >= 11 is 0. The van der Waals surface area contributed by atoms with Crippen molar-refractivity contribution < 1.29 is 0 Å². The van der Waals surface area contributed by atoms with Crippen molar-refractivity contribution in [3.8, 4) is 6.07 Å². The van der Waals surface area contributed by atoms with E-state index in [4.69, 9.17) is 0 Å². The van der Waals surface area contributed by atoms with Gasteiger partial charge in [-0.25, -0.2) is 0 Å². The minimum atomic E-state index is -0.00194. The number of nitrogens with one attached hydrogen (secondary N) is 1. The fourth-order valence-electron chi connectivity index (χ4n) is 3.18. The first-order valence-electron chi connectivity index (χ1n) is 7.43. The highest BCUT2D eigenvalue weighted by Gasteiger charge is 2.29. The van der Waals surface area contributed by atoms with Crippen molar-refractivity contribution in [2.75, 3.05) is 39.3 Å². The van der Waals surface area contributed by atoms with Crippen molar-refractivity contribution in [1.29, 1.82) is 5.26 Å². The fraction of sp³-hybridized carbons (Fsp3) is 0.929. The van der Waals surface area contributed by atoms with Gasteiger partial charge in [0.2, 0.25) is 0 Å². The number of hydrogen-bond acceptors (Lipinski definition) is 4. The molecule has 0 bridgehead atoms. The van der Waals surface area contributed by atoms with E-state index in [1.54, 1.807) is 0 Å². The molecule has 4 nitrogen and oxygen atoms in total. The molecular weight excluding hydrogens is 224 g/mol. The molecule has 0 aromatic heterocycles.